The van der Waals surface area contributed by atoms with Crippen LogP contribution in [0.25, 0.3) is 11.0 Å². The highest BCUT2D eigenvalue weighted by molar-refractivity contribution is 6.17. The molecule has 0 N–H and O–H groups in total. The topological polar surface area (TPSA) is 27.1 Å². The first-order chi connectivity index (χ1) is 8.86. The number of nitrogens with zero attached hydrogens (tertiary/aromatic N) is 2. The van der Waals surface area contributed by atoms with Crippen molar-refractivity contribution in [1.82, 2.24) is 9.55 Å². The summed E-state index contributed by atoms with van der Waals surface area (Å²) in [4.78, 5) is 4.68. The van der Waals surface area contributed by atoms with Crippen LogP contribution < -0.4 is 0 Å². The lowest BCUT2D eigenvalue weighted by molar-refractivity contribution is 0.141. The third kappa shape index (κ3) is 3.03. The summed E-state index contributed by atoms with van der Waals surface area (Å²) < 4.78 is 7.71. The van der Waals surface area contributed by atoms with Crippen molar-refractivity contribution in [2.75, 3.05) is 19.1 Å². The first kappa shape index (κ1) is 13.4. The largest absolute Gasteiger partial charge is 0.378 e. The predicted molar refractivity (Wildman–Crippen MR) is 75.3 cm³/mol. The predicted octanol–water partition coefficient (Wildman–Crippen LogP) is 3.24. The molecule has 0 spiro atoms. The molecule has 98 valence electrons. The molecule has 0 aliphatic carbocycles. The second-order valence-corrected chi connectivity index (χ2v) is 4.60. The normalized spacial score (nSPS) is 11.2. The Hall–Kier alpha value is -1.06. The van der Waals surface area contributed by atoms with Crippen molar-refractivity contribution in [3.63, 3.8) is 0 Å². The van der Waals surface area contributed by atoms with Crippen molar-refractivity contribution in [2.24, 2.45) is 0 Å². The fraction of sp³-hybridized carbons (Fsp3) is 0.500. The van der Waals surface area contributed by atoms with Crippen LogP contribution in [0.1, 0.15) is 19.2 Å². The van der Waals surface area contributed by atoms with Crippen LogP contribution in [0.5, 0.6) is 0 Å². The van der Waals surface area contributed by atoms with Gasteiger partial charge in [-0.05, 0) is 18.6 Å². The van der Waals surface area contributed by atoms with Gasteiger partial charge in [-0.1, -0.05) is 19.1 Å². The van der Waals surface area contributed by atoms with E-state index in [4.69, 9.17) is 16.3 Å². The van der Waals surface area contributed by atoms with E-state index in [1.165, 1.54) is 5.52 Å². The maximum Gasteiger partial charge on any atom is 0.109 e. The lowest BCUT2D eigenvalue weighted by Gasteiger charge is -2.08. The van der Waals surface area contributed by atoms with Crippen LogP contribution in [-0.4, -0.2) is 28.6 Å². The number of hydrogen-bond acceptors (Lipinski definition) is 2. The molecule has 2 aromatic rings. The molecule has 0 saturated heterocycles. The number of aromatic nitrogens is 2. The van der Waals surface area contributed by atoms with E-state index in [0.717, 1.165) is 30.7 Å². The van der Waals surface area contributed by atoms with E-state index in [2.05, 4.69) is 34.7 Å². The number of halogens is 1. The maximum absolute atomic E-state index is 5.59. The van der Waals surface area contributed by atoms with Crippen molar-refractivity contribution in [3.05, 3.63) is 30.1 Å². The number of benzene rings is 1. The van der Waals surface area contributed by atoms with Crippen molar-refractivity contribution >= 4 is 22.6 Å². The highest BCUT2D eigenvalue weighted by Crippen LogP contribution is 2.16. The highest BCUT2D eigenvalue weighted by atomic mass is 35.5. The Kier molecular flexibility index (Phi) is 5.02. The van der Waals surface area contributed by atoms with Gasteiger partial charge in [-0.2, -0.15) is 0 Å². The van der Waals surface area contributed by atoms with Gasteiger partial charge in [0.05, 0.1) is 24.2 Å². The molecular weight excluding hydrogens is 248 g/mol. The lowest BCUT2D eigenvalue weighted by Crippen LogP contribution is -2.10. The standard InChI is InChI=1S/C14H19ClN2O/c1-2-5-14-16-12-6-3-4-7-13(12)17(14)9-11-18-10-8-15/h3-4,6-7H,2,5,8-11H2,1H3. The van der Waals surface area contributed by atoms with Crippen LogP contribution in [0.4, 0.5) is 0 Å². The zero-order valence-electron chi connectivity index (χ0n) is 10.7. The molecule has 0 aliphatic heterocycles. The number of rotatable bonds is 7. The Bertz CT molecular complexity index is 495. The van der Waals surface area contributed by atoms with Gasteiger partial charge in [0.25, 0.3) is 0 Å². The zero-order chi connectivity index (χ0) is 12.8. The molecule has 0 bridgehead atoms. The summed E-state index contributed by atoms with van der Waals surface area (Å²) in [5.41, 5.74) is 2.26. The van der Waals surface area contributed by atoms with E-state index in [9.17, 15) is 0 Å². The van der Waals surface area contributed by atoms with Crippen LogP contribution in [0.3, 0.4) is 0 Å². The molecule has 0 atom stereocenters. The molecule has 0 saturated carbocycles. The molecule has 0 aliphatic rings. The summed E-state index contributed by atoms with van der Waals surface area (Å²) in [5, 5.41) is 0. The van der Waals surface area contributed by atoms with E-state index in [0.29, 0.717) is 19.1 Å². The average molecular weight is 267 g/mol. The number of hydrogen-bond donors (Lipinski definition) is 0. The van der Waals surface area contributed by atoms with Crippen LogP contribution in [0.2, 0.25) is 0 Å². The number of ether oxygens (including phenoxy) is 1. The van der Waals surface area contributed by atoms with E-state index in [1.807, 2.05) is 6.07 Å². The second-order valence-electron chi connectivity index (χ2n) is 4.22. The lowest BCUT2D eigenvalue weighted by atomic mass is 10.3. The summed E-state index contributed by atoms with van der Waals surface area (Å²) in [6.45, 7) is 4.31. The van der Waals surface area contributed by atoms with Crippen molar-refractivity contribution in [1.29, 1.82) is 0 Å². The van der Waals surface area contributed by atoms with Gasteiger partial charge in [0.1, 0.15) is 5.82 Å². The quantitative estimate of drug-likeness (QED) is 0.568. The number of fused-ring (bicyclic) bond motifs is 1. The summed E-state index contributed by atoms with van der Waals surface area (Å²) in [7, 11) is 0. The molecule has 1 aromatic heterocycles. The second kappa shape index (κ2) is 6.76. The van der Waals surface area contributed by atoms with E-state index in [-0.39, 0.29) is 0 Å². The third-order valence-electron chi connectivity index (χ3n) is 2.89. The number of imidazole rings is 1. The molecular formula is C14H19ClN2O. The molecule has 0 fully saturated rings. The Morgan fingerprint density at radius 3 is 2.89 bits per heavy atom. The van der Waals surface area contributed by atoms with Gasteiger partial charge in [-0.15, -0.1) is 11.6 Å². The van der Waals surface area contributed by atoms with Crippen molar-refractivity contribution < 1.29 is 4.74 Å². The maximum atomic E-state index is 5.59. The molecule has 4 heteroatoms. The minimum absolute atomic E-state index is 0.548. The Morgan fingerprint density at radius 1 is 1.28 bits per heavy atom. The van der Waals surface area contributed by atoms with E-state index >= 15 is 0 Å². The third-order valence-corrected chi connectivity index (χ3v) is 3.04. The minimum Gasteiger partial charge on any atom is -0.378 e. The van der Waals surface area contributed by atoms with Crippen LogP contribution in [0.15, 0.2) is 24.3 Å². The molecule has 3 nitrogen and oxygen atoms in total. The van der Waals surface area contributed by atoms with Crippen molar-refractivity contribution in [3.8, 4) is 0 Å². The number of para-hydroxylation sites is 2. The monoisotopic (exact) mass is 266 g/mol. The summed E-state index contributed by atoms with van der Waals surface area (Å²) >= 11 is 5.59. The SMILES string of the molecule is CCCc1nc2ccccc2n1CCOCCCl. The zero-order valence-corrected chi connectivity index (χ0v) is 11.5. The van der Waals surface area contributed by atoms with E-state index < -0.39 is 0 Å². The Labute approximate surface area is 113 Å². The van der Waals surface area contributed by atoms with Gasteiger partial charge in [0.15, 0.2) is 0 Å². The van der Waals surface area contributed by atoms with Gasteiger partial charge in [0.2, 0.25) is 0 Å². The van der Waals surface area contributed by atoms with Crippen LogP contribution >= 0.6 is 11.6 Å². The average Bonchev–Trinajstić information content (AvgIpc) is 2.73. The van der Waals surface area contributed by atoms with Gasteiger partial charge in [0, 0.05) is 18.8 Å². The van der Waals surface area contributed by atoms with Gasteiger partial charge in [-0.25, -0.2) is 4.98 Å². The molecule has 1 heterocycles. The van der Waals surface area contributed by atoms with Gasteiger partial charge >= 0.3 is 0 Å². The Balaban J connectivity index is 2.19. The first-order valence-electron chi connectivity index (χ1n) is 6.44. The first-order valence-corrected chi connectivity index (χ1v) is 6.98. The number of alkyl halides is 1. The van der Waals surface area contributed by atoms with Crippen LogP contribution in [-0.2, 0) is 17.7 Å². The van der Waals surface area contributed by atoms with Gasteiger partial charge < -0.3 is 9.30 Å². The summed E-state index contributed by atoms with van der Waals surface area (Å²) in [6, 6.07) is 8.25. The van der Waals surface area contributed by atoms with E-state index in [1.54, 1.807) is 0 Å². The minimum atomic E-state index is 0.548. The molecule has 2 rings (SSSR count). The highest BCUT2D eigenvalue weighted by Gasteiger charge is 2.08. The van der Waals surface area contributed by atoms with Crippen LogP contribution in [0, 0.1) is 0 Å². The molecule has 0 unspecified atom stereocenters. The molecule has 0 amide bonds. The molecule has 1 aromatic carbocycles. The number of aryl methyl sites for hydroxylation is 1. The fourth-order valence-electron chi connectivity index (χ4n) is 2.10. The summed E-state index contributed by atoms with van der Waals surface area (Å²) in [6.07, 6.45) is 2.11. The molecule has 0 radical (unpaired) electrons. The fourth-order valence-corrected chi connectivity index (χ4v) is 2.21. The van der Waals surface area contributed by atoms with Crippen molar-refractivity contribution in [2.45, 2.75) is 26.3 Å². The summed E-state index contributed by atoms with van der Waals surface area (Å²) in [5.74, 6) is 1.69. The Morgan fingerprint density at radius 2 is 2.11 bits per heavy atom. The smallest absolute Gasteiger partial charge is 0.109 e. The van der Waals surface area contributed by atoms with Gasteiger partial charge in [-0.3, -0.25) is 0 Å². The molecule has 18 heavy (non-hydrogen) atoms.